The maximum absolute atomic E-state index is 16.4. The Labute approximate surface area is 774 Å². The number of alkyl halides is 2. The summed E-state index contributed by atoms with van der Waals surface area (Å²) in [6, 6.07) is 26.7. The lowest BCUT2D eigenvalue weighted by Gasteiger charge is -2.28. The highest BCUT2D eigenvalue weighted by Gasteiger charge is 2.53. The molecule has 5 fully saturated rings. The molecule has 5 aliphatic heterocycles. The van der Waals surface area contributed by atoms with Gasteiger partial charge >= 0.3 is 30.7 Å². The summed E-state index contributed by atoms with van der Waals surface area (Å²) < 4.78 is 125. The van der Waals surface area contributed by atoms with Crippen LogP contribution < -0.4 is 38.5 Å². The van der Waals surface area contributed by atoms with Crippen molar-refractivity contribution in [2.75, 3.05) is 67.6 Å². The second-order valence-electron chi connectivity index (χ2n) is 28.6. The van der Waals surface area contributed by atoms with E-state index in [-0.39, 0.29) is 123 Å². The lowest BCUT2D eigenvalue weighted by atomic mass is 10.1. The second kappa shape index (κ2) is 50.1. The number of hydrogen-bond acceptors (Lipinski definition) is 38. The van der Waals surface area contributed by atoms with Crippen molar-refractivity contribution >= 4 is 163 Å². The summed E-state index contributed by atoms with van der Waals surface area (Å²) in [6.45, 7) is -1.60. The van der Waals surface area contributed by atoms with Gasteiger partial charge in [0.05, 0.1) is 103 Å². The Morgan fingerprint density at radius 3 is 1.68 bits per heavy atom. The number of hydrogen-bond donors (Lipinski definition) is 11. The summed E-state index contributed by atoms with van der Waals surface area (Å²) in [5, 5.41) is 50.1. The summed E-state index contributed by atoms with van der Waals surface area (Å²) in [7, 11) is -1.73. The number of amides is 4. The van der Waals surface area contributed by atoms with E-state index in [1.807, 2.05) is 37.0 Å². The molecule has 2 bridgehead atoms. The molecule has 16 rings (SSSR count). The van der Waals surface area contributed by atoms with Crippen LogP contribution in [0.15, 0.2) is 139 Å². The maximum atomic E-state index is 16.4. The first-order valence-electron chi connectivity index (χ1n) is 39.7. The number of aromatic amines is 2. The van der Waals surface area contributed by atoms with Gasteiger partial charge in [0, 0.05) is 48.2 Å². The average molecular weight is 2000 g/mol. The normalized spacial score (nSPS) is 24.4. The number of rotatable bonds is 24. The van der Waals surface area contributed by atoms with Gasteiger partial charge < -0.3 is 91.9 Å². The Hall–Kier alpha value is -9.88. The van der Waals surface area contributed by atoms with Crippen LogP contribution in [0, 0.1) is 34.5 Å². The third-order valence-electron chi connectivity index (χ3n) is 19.3. The van der Waals surface area contributed by atoms with Crippen molar-refractivity contribution in [2.45, 2.75) is 154 Å². The number of carbonyl (C=O) groups is 4. The van der Waals surface area contributed by atoms with E-state index in [2.05, 4.69) is 95.0 Å². The van der Waals surface area contributed by atoms with Crippen LogP contribution in [0.1, 0.15) is 114 Å². The van der Waals surface area contributed by atoms with Gasteiger partial charge in [-0.3, -0.25) is 72.6 Å². The van der Waals surface area contributed by atoms with Gasteiger partial charge in [-0.2, -0.15) is 20.5 Å². The summed E-state index contributed by atoms with van der Waals surface area (Å²) >= 11 is 11.5. The number of anilines is 4. The number of benzene rings is 2. The number of fused-ring (bicyclic) bond motifs is 7. The molecular weight excluding hydrogens is 1900 g/mol. The first kappa shape index (κ1) is 105. The zero-order valence-corrected chi connectivity index (χ0v) is 76.9. The van der Waals surface area contributed by atoms with Crippen LogP contribution in [-0.4, -0.2) is 235 Å². The third-order valence-corrected chi connectivity index (χ3v) is 24.9. The van der Waals surface area contributed by atoms with Crippen molar-refractivity contribution in [1.82, 2.24) is 89.2 Å². The molecule has 9 aromatic heterocycles. The molecule has 0 spiro atoms. The molecule has 5 saturated heterocycles. The van der Waals surface area contributed by atoms with E-state index in [1.54, 1.807) is 110 Å². The standard InChI is InChI=1S/C34H36FN11O11P2S.C34H37FN11O10PS.C5H5N.CH6P2.2CH4.H3N.HO2P/c1-17(2)30(47)43-34-42-29-25(32(49)44-34)40-16-46(29)33-26-23(35)21(55-33)13-53-59(60,52-10-6-9-36)57-19-11-22(54-20(19)12-51-58(50)56-26)45-15-39-24-27(37-14-38-28(24)45)41-31(48)18-7-4-3-5-8-18;1-17(2)30(49)43-34-42-29-25(32(51)44-34)40-16-46(29)33-26(48)23(35)21(55-33)13-53-57(58,52-10-6-9-36)56-19-11-22(54-20(19)12-47)45-15-39-24-27(37-14-38-28(24)45)41-31(50)18-7-4-3-5-8-18;1-2-4-6-5-3-1;1-3-2;;;;1-3-2/h3-5,7-8,14-17,19-23,26,33,50H,6,10-13H2,1-2H3,(H,37,38,41,48)(H2,42,43,44,47,49);3-5,7-8,14-17,19-23,26,33,47-48H,6,10-13H2,1-2H3,(H,37,38,41,50)(H2,42,43,44,49,51);1-5H;3H,2H2,1H3;2*1H4;1H3;(H,1,2)/t19-,20-,21-,22-,23-,26-,33-,58?,59?;19-,20-,21-,22-,23-,26-,33-,57?;;;;;;/m11....../s1/i;;;3D;;;;. The van der Waals surface area contributed by atoms with Crippen LogP contribution >= 0.6 is 47.9 Å². The lowest BCUT2D eigenvalue weighted by molar-refractivity contribution is -0.119. The number of imidazole rings is 4. The Balaban J connectivity index is 0.000000260. The van der Waals surface area contributed by atoms with Crippen molar-refractivity contribution in [3.63, 3.8) is 0 Å². The Morgan fingerprint density at radius 1 is 0.692 bits per heavy atom. The first-order chi connectivity index (χ1) is 62.9. The fraction of sp³-hybridized carbons (Fsp3) is 0.434. The molecule has 2 aromatic carbocycles. The van der Waals surface area contributed by atoms with E-state index in [1.165, 1.54) is 36.2 Å². The quantitative estimate of drug-likeness (QED) is 0.0198. The van der Waals surface area contributed by atoms with Crippen LogP contribution in [0.3, 0.4) is 0 Å². The van der Waals surface area contributed by atoms with Crippen LogP contribution in [0.4, 0.5) is 32.3 Å². The summed E-state index contributed by atoms with van der Waals surface area (Å²) in [5.41, 5.74) is 0.146. The van der Waals surface area contributed by atoms with Gasteiger partial charge in [0.2, 0.25) is 23.7 Å². The van der Waals surface area contributed by atoms with Gasteiger partial charge in [0.25, 0.3) is 22.9 Å². The Kier molecular flexibility index (Phi) is 39.6. The van der Waals surface area contributed by atoms with E-state index in [4.69, 9.17) is 94.8 Å². The van der Waals surface area contributed by atoms with Crippen LogP contribution in [0.25, 0.3) is 44.7 Å². The van der Waals surface area contributed by atoms with E-state index >= 15 is 8.78 Å². The highest BCUT2D eigenvalue weighted by Crippen LogP contribution is 2.57. The number of nitrogens with zero attached hydrogens (tertiary/aromatic N) is 17. The van der Waals surface area contributed by atoms with E-state index in [0.29, 0.717) is 22.4 Å². The molecule has 11 aromatic rings. The highest BCUT2D eigenvalue weighted by molar-refractivity contribution is 8.08. The van der Waals surface area contributed by atoms with Crippen molar-refractivity contribution in [3.8, 4) is 12.1 Å². The van der Waals surface area contributed by atoms with Crippen molar-refractivity contribution in [1.29, 1.82) is 11.8 Å². The number of nitriles is 2. The van der Waals surface area contributed by atoms with Gasteiger partial charge in [-0.05, 0) is 66.7 Å². The number of nitrogens with one attached hydrogen (secondary N) is 6. The minimum absolute atomic E-state index is 0. The molecule has 714 valence electrons. The molecule has 133 heavy (non-hydrogen) atoms. The number of H-pyrrole nitrogens is 2. The molecule has 5 aliphatic rings. The molecular formula is C76H96F2N24O23P6S2. The monoisotopic (exact) mass is 2000 g/mol. The largest absolute Gasteiger partial charge is 0.394 e. The third kappa shape index (κ3) is 26.7. The molecule has 57 heteroatoms. The molecule has 4 amide bonds. The Morgan fingerprint density at radius 2 is 1.19 bits per heavy atom. The average Bonchev–Trinajstić information content (AvgIpc) is 1.62. The minimum Gasteiger partial charge on any atom is -0.394 e. The number of ether oxygens (including phenoxy) is 4. The van der Waals surface area contributed by atoms with E-state index in [9.17, 15) is 49.1 Å². The predicted molar refractivity (Wildman–Crippen MR) is 489 cm³/mol. The number of halogens is 2. The second-order valence-corrected chi connectivity index (χ2v) is 37.7. The summed E-state index contributed by atoms with van der Waals surface area (Å²) in [4.78, 5) is 145. The van der Waals surface area contributed by atoms with Crippen LogP contribution in [0.2, 0.25) is 0 Å². The molecule has 14 heterocycles. The summed E-state index contributed by atoms with van der Waals surface area (Å²) in [5.74, 6) is -2.54. The molecule has 19 atom stereocenters. The number of pyridine rings is 1. The fourth-order valence-electron chi connectivity index (χ4n) is 13.1. The number of carbonyl (C=O) groups excluding carboxylic acids is 4. The van der Waals surface area contributed by atoms with Gasteiger partial charge in [-0.25, -0.2) is 53.2 Å². The number of aliphatic hydroxyl groups excluding tert-OH is 2. The Bertz CT molecular complexity index is 6080. The van der Waals surface area contributed by atoms with Crippen LogP contribution in [-0.2, 0) is 92.9 Å². The zero-order chi connectivity index (χ0) is 93.8. The molecule has 0 radical (unpaired) electrons. The molecule has 13 N–H and O–H groups in total. The number of aliphatic hydroxyl groups is 2. The molecule has 0 saturated carbocycles. The first-order valence-corrected chi connectivity index (χ1v) is 49.2. The maximum Gasteiger partial charge on any atom is 0.330 e. The molecule has 47 nitrogen and oxygen atoms in total. The SMILES string of the molecule is C.C.CC(C)C(=O)Nc1nc2c(ncn2[C@@H]2O[C@@H]3COP(=S)(OCCC#N)O[C@@H]4C[C@H](n5cnc6c(NC(=O)c7ccccc7)ncnc65)O[C@@H]4COP(O)O[C@@H]2[C@@H]3F)c(=O)[nH]1.CC(C)C(=O)Nc1nc2c(ncn2[C@@H]2O[C@H](COP(=S)(OCCC#N)O[C@@H]3C[C@H](n4cnc5c(NC(=O)c6ccccc6)ncnc54)O[C@@H]3CO)[C@@H](F)[C@H]2O)c(=O)[nH]1.N.O=PO.[2H]P(C)P.c1ccncc1. The van der Waals surface area contributed by atoms with Gasteiger partial charge in [0.1, 0.15) is 61.7 Å². The number of aromatic nitrogens is 17. The van der Waals surface area contributed by atoms with Gasteiger partial charge in [0.15, 0.2) is 81.1 Å². The molecule has 0 aliphatic carbocycles. The van der Waals surface area contributed by atoms with E-state index in [0.717, 1.165) is 10.9 Å². The van der Waals surface area contributed by atoms with Gasteiger partial charge in [-0.15, -0.1) is 17.1 Å². The van der Waals surface area contributed by atoms with Crippen LogP contribution in [0.5, 0.6) is 0 Å². The predicted octanol–water partition coefficient (Wildman–Crippen LogP) is 9.55. The molecule has 5 unspecified atom stereocenters. The van der Waals surface area contributed by atoms with E-state index < -0.39 is 191 Å². The topological polar surface area (TPSA) is 635 Å². The smallest absolute Gasteiger partial charge is 0.330 e. The highest BCUT2D eigenvalue weighted by atomic mass is 32.5. The van der Waals surface area contributed by atoms with Crippen molar-refractivity contribution < 1.29 is 108 Å². The minimum atomic E-state index is -3.86. The van der Waals surface area contributed by atoms with Gasteiger partial charge in [-0.1, -0.05) is 85.0 Å². The summed E-state index contributed by atoms with van der Waals surface area (Å²) in [6.07, 6.45) is -7.25. The fourth-order valence-corrected chi connectivity index (χ4v) is 18.1. The lowest BCUT2D eigenvalue weighted by Crippen LogP contribution is -2.32. The zero-order valence-electron chi connectivity index (χ0n) is 70.7. The van der Waals surface area contributed by atoms with Crippen molar-refractivity contribution in [3.05, 3.63) is 161 Å². The van der Waals surface area contributed by atoms with Crippen molar-refractivity contribution in [2.24, 2.45) is 11.8 Å².